The summed E-state index contributed by atoms with van der Waals surface area (Å²) in [6, 6.07) is 4.32. The van der Waals surface area contributed by atoms with E-state index in [1.54, 1.807) is 22.9 Å². The van der Waals surface area contributed by atoms with E-state index >= 15 is 0 Å². The summed E-state index contributed by atoms with van der Waals surface area (Å²) in [7, 11) is 0. The van der Waals surface area contributed by atoms with E-state index in [-0.39, 0.29) is 37.0 Å². The molecular formula is C24H33ClF2N4O3. The summed E-state index contributed by atoms with van der Waals surface area (Å²) in [5, 5.41) is 20.0. The van der Waals surface area contributed by atoms with E-state index in [1.807, 2.05) is 20.8 Å². The van der Waals surface area contributed by atoms with Gasteiger partial charge in [-0.3, -0.25) is 14.3 Å². The second-order valence-corrected chi connectivity index (χ2v) is 10.5. The Kier molecular flexibility index (Phi) is 8.18. The highest BCUT2D eigenvalue weighted by Crippen LogP contribution is 2.37. The van der Waals surface area contributed by atoms with Crippen LogP contribution in [0.15, 0.2) is 18.2 Å². The van der Waals surface area contributed by atoms with Crippen LogP contribution in [0, 0.1) is 11.3 Å². The zero-order valence-electron chi connectivity index (χ0n) is 19.8. The molecule has 1 unspecified atom stereocenters. The molecule has 7 nitrogen and oxygen atoms in total. The first-order valence-electron chi connectivity index (χ1n) is 11.7. The lowest BCUT2D eigenvalue weighted by molar-refractivity contribution is -0.125. The lowest BCUT2D eigenvalue weighted by Crippen LogP contribution is -2.53. The number of halogens is 3. The summed E-state index contributed by atoms with van der Waals surface area (Å²) in [5.74, 6) is -3.47. The molecule has 1 aromatic carbocycles. The molecule has 34 heavy (non-hydrogen) atoms. The Hall–Kier alpha value is -2.26. The predicted octanol–water partition coefficient (Wildman–Crippen LogP) is 4.16. The molecule has 0 spiro atoms. The van der Waals surface area contributed by atoms with Crippen LogP contribution >= 0.6 is 11.6 Å². The Balaban J connectivity index is 1.86. The first-order chi connectivity index (χ1) is 15.9. The zero-order valence-corrected chi connectivity index (χ0v) is 20.6. The van der Waals surface area contributed by atoms with E-state index in [0.29, 0.717) is 48.3 Å². The Morgan fingerprint density at radius 1 is 1.29 bits per heavy atom. The molecule has 10 heteroatoms. The second-order valence-electron chi connectivity index (χ2n) is 10.1. The number of amides is 2. The van der Waals surface area contributed by atoms with E-state index < -0.39 is 23.3 Å². The van der Waals surface area contributed by atoms with Gasteiger partial charge in [-0.05, 0) is 36.7 Å². The van der Waals surface area contributed by atoms with Crippen molar-refractivity contribution in [2.75, 3.05) is 13.2 Å². The summed E-state index contributed by atoms with van der Waals surface area (Å²) < 4.78 is 28.8. The van der Waals surface area contributed by atoms with Crippen molar-refractivity contribution >= 4 is 34.3 Å². The topological polar surface area (TPSA) is 96.2 Å². The van der Waals surface area contributed by atoms with Gasteiger partial charge in [-0.2, -0.15) is 5.10 Å². The van der Waals surface area contributed by atoms with Gasteiger partial charge >= 0.3 is 0 Å². The minimum Gasteiger partial charge on any atom is -0.396 e. The molecule has 1 aliphatic carbocycles. The monoisotopic (exact) mass is 498 g/mol. The van der Waals surface area contributed by atoms with Crippen LogP contribution < -0.4 is 10.6 Å². The van der Waals surface area contributed by atoms with Crippen molar-refractivity contribution < 1.29 is 23.5 Å². The van der Waals surface area contributed by atoms with Gasteiger partial charge in [0.05, 0.1) is 10.5 Å². The number of aliphatic hydroxyl groups excluding tert-OH is 1. The fourth-order valence-corrected chi connectivity index (χ4v) is 4.56. The summed E-state index contributed by atoms with van der Waals surface area (Å²) in [6.45, 7) is 6.16. The van der Waals surface area contributed by atoms with Gasteiger partial charge in [0.15, 0.2) is 5.69 Å². The van der Waals surface area contributed by atoms with Crippen LogP contribution in [0.4, 0.5) is 8.78 Å². The average molecular weight is 499 g/mol. The fourth-order valence-electron chi connectivity index (χ4n) is 4.29. The number of benzene rings is 1. The number of rotatable bonds is 8. The number of carbonyl (C=O) groups is 2. The number of para-hydroxylation sites is 1. The maximum atomic E-state index is 13.6. The van der Waals surface area contributed by atoms with E-state index in [1.165, 1.54) is 0 Å². The summed E-state index contributed by atoms with van der Waals surface area (Å²) in [6.07, 6.45) is 0.852. The van der Waals surface area contributed by atoms with E-state index in [2.05, 4.69) is 15.7 Å². The molecule has 1 aromatic heterocycles. The lowest BCUT2D eigenvalue weighted by Gasteiger charge is -2.30. The van der Waals surface area contributed by atoms with E-state index in [9.17, 15) is 18.4 Å². The van der Waals surface area contributed by atoms with Crippen LogP contribution in [-0.2, 0) is 11.3 Å². The number of hydrogen-bond donors (Lipinski definition) is 3. The van der Waals surface area contributed by atoms with Crippen LogP contribution in [0.1, 0.15) is 63.4 Å². The smallest absolute Gasteiger partial charge is 0.273 e. The Labute approximate surface area is 203 Å². The van der Waals surface area contributed by atoms with Crippen LogP contribution in [0.3, 0.4) is 0 Å². The van der Waals surface area contributed by atoms with Gasteiger partial charge in [-0.1, -0.05) is 44.5 Å². The molecule has 2 aromatic rings. The molecule has 188 valence electrons. The third-order valence-corrected chi connectivity index (χ3v) is 6.55. The van der Waals surface area contributed by atoms with Gasteiger partial charge in [0.25, 0.3) is 5.91 Å². The number of carbonyl (C=O) groups excluding carboxylic acids is 2. The minimum absolute atomic E-state index is 0.00883. The molecule has 1 aliphatic rings. The molecule has 3 N–H and O–H groups in total. The van der Waals surface area contributed by atoms with Crippen LogP contribution in [-0.4, -0.2) is 51.8 Å². The Bertz CT molecular complexity index is 1030. The Morgan fingerprint density at radius 3 is 2.59 bits per heavy atom. The van der Waals surface area contributed by atoms with E-state index in [0.717, 1.165) is 0 Å². The van der Waals surface area contributed by atoms with Crippen molar-refractivity contribution in [1.29, 1.82) is 0 Å². The molecule has 1 heterocycles. The summed E-state index contributed by atoms with van der Waals surface area (Å²) >= 11 is 6.45. The quantitative estimate of drug-likeness (QED) is 0.476. The van der Waals surface area contributed by atoms with Crippen LogP contribution in [0.2, 0.25) is 5.02 Å². The van der Waals surface area contributed by atoms with Crippen LogP contribution in [0.5, 0.6) is 0 Å². The molecule has 1 atom stereocenters. The van der Waals surface area contributed by atoms with Gasteiger partial charge in [0, 0.05) is 37.9 Å². The van der Waals surface area contributed by atoms with Crippen molar-refractivity contribution in [3.8, 4) is 0 Å². The van der Waals surface area contributed by atoms with E-state index in [4.69, 9.17) is 16.7 Å². The molecular weight excluding hydrogens is 466 g/mol. The highest BCUT2D eigenvalue weighted by Gasteiger charge is 2.36. The largest absolute Gasteiger partial charge is 0.396 e. The standard InChI is InChI=1S/C24H33ClF2N4O3/c1-23(2,3)20(22(34)28-12-5-13-32)29-21(33)18-16-6-4-7-17(25)19(16)31(30-18)14-15-8-10-24(26,27)11-9-15/h4,6-7,15,20,32H,5,8-14H2,1-3H3,(H,28,34)(H,29,33). The average Bonchev–Trinajstić information content (AvgIpc) is 3.12. The van der Waals surface area contributed by atoms with Crippen molar-refractivity contribution in [3.63, 3.8) is 0 Å². The third kappa shape index (κ3) is 6.24. The third-order valence-electron chi connectivity index (χ3n) is 6.24. The molecule has 0 aliphatic heterocycles. The van der Waals surface area contributed by atoms with Crippen LogP contribution in [0.25, 0.3) is 10.9 Å². The number of aliphatic hydroxyl groups is 1. The molecule has 3 rings (SSSR count). The fraction of sp³-hybridized carbons (Fsp3) is 0.625. The molecule has 1 fully saturated rings. The zero-order chi connectivity index (χ0) is 25.1. The number of alkyl halides is 2. The first-order valence-corrected chi connectivity index (χ1v) is 12.0. The van der Waals surface area contributed by atoms with Gasteiger partial charge in [0.1, 0.15) is 6.04 Å². The Morgan fingerprint density at radius 2 is 1.97 bits per heavy atom. The number of fused-ring (bicyclic) bond motifs is 1. The summed E-state index contributed by atoms with van der Waals surface area (Å²) in [4.78, 5) is 26.1. The number of hydrogen-bond acceptors (Lipinski definition) is 4. The van der Waals surface area contributed by atoms with Crippen molar-refractivity contribution in [2.45, 2.75) is 71.4 Å². The summed E-state index contributed by atoms with van der Waals surface area (Å²) in [5.41, 5.74) is 0.130. The van der Waals surface area contributed by atoms with Gasteiger partial charge in [-0.25, -0.2) is 8.78 Å². The molecule has 0 bridgehead atoms. The highest BCUT2D eigenvalue weighted by molar-refractivity contribution is 6.35. The first kappa shape index (κ1) is 26.3. The number of nitrogens with zero attached hydrogens (tertiary/aromatic N) is 2. The number of nitrogens with one attached hydrogen (secondary N) is 2. The van der Waals surface area contributed by atoms with Crippen molar-refractivity contribution in [2.24, 2.45) is 11.3 Å². The van der Waals surface area contributed by atoms with Gasteiger partial charge in [-0.15, -0.1) is 0 Å². The number of aromatic nitrogens is 2. The van der Waals surface area contributed by atoms with Crippen molar-refractivity contribution in [3.05, 3.63) is 28.9 Å². The van der Waals surface area contributed by atoms with Crippen molar-refractivity contribution in [1.82, 2.24) is 20.4 Å². The SMILES string of the molecule is CC(C)(C)C(NC(=O)c1nn(CC2CCC(F)(F)CC2)c2c(Cl)cccc12)C(=O)NCCCO. The predicted molar refractivity (Wildman–Crippen MR) is 127 cm³/mol. The van der Waals surface area contributed by atoms with Gasteiger partial charge in [0.2, 0.25) is 11.8 Å². The molecule has 2 amide bonds. The molecule has 0 radical (unpaired) electrons. The maximum Gasteiger partial charge on any atom is 0.273 e. The lowest BCUT2D eigenvalue weighted by atomic mass is 9.86. The minimum atomic E-state index is -2.62. The molecule has 0 saturated heterocycles. The molecule has 1 saturated carbocycles. The van der Waals surface area contributed by atoms with Gasteiger partial charge < -0.3 is 15.7 Å². The highest BCUT2D eigenvalue weighted by atomic mass is 35.5. The second kappa shape index (κ2) is 10.6. The normalized spacial score (nSPS) is 17.5. The maximum absolute atomic E-state index is 13.6.